The first-order chi connectivity index (χ1) is 11.3. The predicted molar refractivity (Wildman–Crippen MR) is 95.4 cm³/mol. The Labute approximate surface area is 138 Å². The number of aromatic amines is 1. The Morgan fingerprint density at radius 2 is 2.00 bits per heavy atom. The summed E-state index contributed by atoms with van der Waals surface area (Å²) in [5, 5.41) is 4.33. The predicted octanol–water partition coefficient (Wildman–Crippen LogP) is 4.58. The van der Waals surface area contributed by atoms with Crippen LogP contribution in [0.5, 0.6) is 0 Å². The summed E-state index contributed by atoms with van der Waals surface area (Å²) in [5.41, 5.74) is 2.45. The van der Waals surface area contributed by atoms with Gasteiger partial charge in [0.2, 0.25) is 5.91 Å². The first kappa shape index (κ1) is 16.1. The van der Waals surface area contributed by atoms with Gasteiger partial charge in [0, 0.05) is 30.1 Å². The molecule has 3 rings (SSSR count). The minimum Gasteiger partial charge on any atom is -0.361 e. The van der Waals surface area contributed by atoms with E-state index in [1.54, 1.807) is 0 Å². The van der Waals surface area contributed by atoms with Crippen LogP contribution in [0.1, 0.15) is 56.9 Å². The van der Waals surface area contributed by atoms with Gasteiger partial charge in [-0.05, 0) is 36.8 Å². The second-order valence-corrected chi connectivity index (χ2v) is 6.86. The molecule has 3 nitrogen and oxygen atoms in total. The molecule has 23 heavy (non-hydrogen) atoms. The third-order valence-electron chi connectivity index (χ3n) is 5.13. The van der Waals surface area contributed by atoms with Crippen molar-refractivity contribution in [3.63, 3.8) is 0 Å². The summed E-state index contributed by atoms with van der Waals surface area (Å²) in [5.74, 6) is 1.09. The van der Waals surface area contributed by atoms with Gasteiger partial charge < -0.3 is 10.3 Å². The summed E-state index contributed by atoms with van der Waals surface area (Å²) in [6.07, 6.45) is 12.8. The van der Waals surface area contributed by atoms with Gasteiger partial charge in [-0.15, -0.1) is 0 Å². The van der Waals surface area contributed by atoms with Gasteiger partial charge >= 0.3 is 0 Å². The standard InChI is InChI=1S/C20H28N2O/c23-20(12-6-9-16-7-2-1-3-8-16)21-14-13-17-15-22-19-11-5-4-10-18(17)19/h4-5,10-11,15-16,22H,1-3,6-9,12-14H2,(H,21,23). The number of fused-ring (bicyclic) bond motifs is 1. The molecule has 1 aliphatic carbocycles. The van der Waals surface area contributed by atoms with E-state index in [4.69, 9.17) is 0 Å². The number of para-hydroxylation sites is 1. The Morgan fingerprint density at radius 3 is 2.87 bits per heavy atom. The van der Waals surface area contributed by atoms with Crippen LogP contribution in [0.15, 0.2) is 30.5 Å². The molecule has 2 N–H and O–H groups in total. The summed E-state index contributed by atoms with van der Waals surface area (Å²) < 4.78 is 0. The van der Waals surface area contributed by atoms with E-state index in [0.29, 0.717) is 6.42 Å². The van der Waals surface area contributed by atoms with Crippen LogP contribution >= 0.6 is 0 Å². The van der Waals surface area contributed by atoms with Gasteiger partial charge in [-0.3, -0.25) is 4.79 Å². The van der Waals surface area contributed by atoms with E-state index in [1.165, 1.54) is 55.0 Å². The van der Waals surface area contributed by atoms with Gasteiger partial charge in [0.1, 0.15) is 0 Å². The van der Waals surface area contributed by atoms with Crippen LogP contribution in [0.25, 0.3) is 10.9 Å². The Hall–Kier alpha value is -1.77. The maximum Gasteiger partial charge on any atom is 0.220 e. The molecule has 0 unspecified atom stereocenters. The Bertz CT molecular complexity index is 625. The van der Waals surface area contributed by atoms with Crippen molar-refractivity contribution in [1.29, 1.82) is 0 Å². The lowest BCUT2D eigenvalue weighted by Gasteiger charge is -2.21. The highest BCUT2D eigenvalue weighted by Crippen LogP contribution is 2.27. The number of carbonyl (C=O) groups excluding carboxylic acids is 1. The van der Waals surface area contributed by atoms with Gasteiger partial charge in [0.05, 0.1) is 0 Å². The van der Waals surface area contributed by atoms with E-state index in [9.17, 15) is 4.79 Å². The first-order valence-electron chi connectivity index (χ1n) is 9.14. The largest absolute Gasteiger partial charge is 0.361 e. The average molecular weight is 312 g/mol. The number of H-pyrrole nitrogens is 1. The lowest BCUT2D eigenvalue weighted by atomic mass is 9.86. The van der Waals surface area contributed by atoms with Crippen molar-refractivity contribution in [3.05, 3.63) is 36.0 Å². The molecule has 1 heterocycles. The number of nitrogens with one attached hydrogen (secondary N) is 2. The Morgan fingerprint density at radius 1 is 1.17 bits per heavy atom. The van der Waals surface area contributed by atoms with Crippen LogP contribution < -0.4 is 5.32 Å². The minimum atomic E-state index is 0.209. The van der Waals surface area contributed by atoms with Gasteiger partial charge in [0.15, 0.2) is 0 Å². The molecule has 0 aliphatic heterocycles. The van der Waals surface area contributed by atoms with E-state index in [-0.39, 0.29) is 5.91 Å². The number of carbonyl (C=O) groups is 1. The zero-order chi connectivity index (χ0) is 15.9. The van der Waals surface area contributed by atoms with Gasteiger partial charge in [-0.2, -0.15) is 0 Å². The number of hydrogen-bond donors (Lipinski definition) is 2. The summed E-state index contributed by atoms with van der Waals surface area (Å²) in [4.78, 5) is 15.2. The Balaban J connectivity index is 1.34. The van der Waals surface area contributed by atoms with E-state index in [1.807, 2.05) is 6.07 Å². The molecule has 3 heteroatoms. The average Bonchev–Trinajstić information content (AvgIpc) is 2.99. The first-order valence-corrected chi connectivity index (χ1v) is 9.14. The normalized spacial score (nSPS) is 15.8. The van der Waals surface area contributed by atoms with E-state index in [0.717, 1.165) is 25.3 Å². The monoisotopic (exact) mass is 312 g/mol. The van der Waals surface area contributed by atoms with Crippen LogP contribution in [0, 0.1) is 5.92 Å². The SMILES string of the molecule is O=C(CCCC1CCCCC1)NCCc1c[nH]c2ccccc12. The molecule has 0 spiro atoms. The topological polar surface area (TPSA) is 44.9 Å². The molecule has 0 saturated heterocycles. The molecule has 0 atom stereocenters. The van der Waals surface area contributed by atoms with E-state index < -0.39 is 0 Å². The molecule has 0 radical (unpaired) electrons. The van der Waals surface area contributed by atoms with Gasteiger partial charge in [-0.1, -0.05) is 50.3 Å². The molecule has 1 amide bonds. The smallest absolute Gasteiger partial charge is 0.220 e. The zero-order valence-corrected chi connectivity index (χ0v) is 13.9. The fourth-order valence-electron chi connectivity index (χ4n) is 3.79. The molecule has 1 saturated carbocycles. The van der Waals surface area contributed by atoms with E-state index >= 15 is 0 Å². The number of benzene rings is 1. The quantitative estimate of drug-likeness (QED) is 0.772. The van der Waals surface area contributed by atoms with Crippen molar-refractivity contribution in [2.45, 2.75) is 57.8 Å². The molecule has 1 aliphatic rings. The van der Waals surface area contributed by atoms with Gasteiger partial charge in [0.25, 0.3) is 0 Å². The molecule has 1 fully saturated rings. The van der Waals surface area contributed by atoms with Crippen molar-refractivity contribution < 1.29 is 4.79 Å². The second kappa shape index (κ2) is 8.19. The summed E-state index contributed by atoms with van der Waals surface area (Å²) >= 11 is 0. The lowest BCUT2D eigenvalue weighted by molar-refractivity contribution is -0.121. The minimum absolute atomic E-state index is 0.209. The lowest BCUT2D eigenvalue weighted by Crippen LogP contribution is -2.25. The number of amides is 1. The highest BCUT2D eigenvalue weighted by atomic mass is 16.1. The highest BCUT2D eigenvalue weighted by molar-refractivity contribution is 5.83. The fourth-order valence-corrected chi connectivity index (χ4v) is 3.79. The molecular formula is C20H28N2O. The van der Waals surface area contributed by atoms with Crippen LogP contribution in [-0.4, -0.2) is 17.4 Å². The third-order valence-corrected chi connectivity index (χ3v) is 5.13. The number of aromatic nitrogens is 1. The van der Waals surface area contributed by atoms with Crippen molar-refractivity contribution in [2.24, 2.45) is 5.92 Å². The number of rotatable bonds is 7. The Kier molecular flexibility index (Phi) is 5.73. The molecular weight excluding hydrogens is 284 g/mol. The summed E-state index contributed by atoms with van der Waals surface area (Å²) in [7, 11) is 0. The molecule has 1 aromatic heterocycles. The van der Waals surface area contributed by atoms with Crippen LogP contribution in [0.2, 0.25) is 0 Å². The van der Waals surface area contributed by atoms with Crippen molar-refractivity contribution >= 4 is 16.8 Å². The van der Waals surface area contributed by atoms with Crippen molar-refractivity contribution in [2.75, 3.05) is 6.54 Å². The van der Waals surface area contributed by atoms with Gasteiger partial charge in [-0.25, -0.2) is 0 Å². The number of hydrogen-bond acceptors (Lipinski definition) is 1. The maximum atomic E-state index is 12.0. The molecule has 0 bridgehead atoms. The summed E-state index contributed by atoms with van der Waals surface area (Å²) in [6.45, 7) is 0.726. The zero-order valence-electron chi connectivity index (χ0n) is 13.9. The third kappa shape index (κ3) is 4.60. The summed E-state index contributed by atoms with van der Waals surface area (Å²) in [6, 6.07) is 8.32. The van der Waals surface area contributed by atoms with Crippen LogP contribution in [0.3, 0.4) is 0 Å². The van der Waals surface area contributed by atoms with Crippen LogP contribution in [0.4, 0.5) is 0 Å². The molecule has 1 aromatic carbocycles. The second-order valence-electron chi connectivity index (χ2n) is 6.86. The van der Waals surface area contributed by atoms with Crippen LogP contribution in [-0.2, 0) is 11.2 Å². The fraction of sp³-hybridized carbons (Fsp3) is 0.550. The van der Waals surface area contributed by atoms with Crippen molar-refractivity contribution in [1.82, 2.24) is 10.3 Å². The van der Waals surface area contributed by atoms with Crippen molar-refractivity contribution in [3.8, 4) is 0 Å². The maximum absolute atomic E-state index is 12.0. The molecule has 2 aromatic rings. The van der Waals surface area contributed by atoms with E-state index in [2.05, 4.69) is 34.7 Å². The highest BCUT2D eigenvalue weighted by Gasteiger charge is 2.13. The molecule has 124 valence electrons.